The Morgan fingerprint density at radius 3 is 2.70 bits per heavy atom. The van der Waals surface area contributed by atoms with Crippen LogP contribution in [0.25, 0.3) is 0 Å². The minimum atomic E-state index is -0.321. The maximum absolute atomic E-state index is 11.0. The second-order valence-corrected chi connectivity index (χ2v) is 5.58. The molecule has 0 aromatic heterocycles. The highest BCUT2D eigenvalue weighted by atomic mass is 16.6. The van der Waals surface area contributed by atoms with Crippen LogP contribution >= 0.6 is 0 Å². The lowest BCUT2D eigenvalue weighted by Crippen LogP contribution is -2.31. The first kappa shape index (κ1) is 14.8. The summed E-state index contributed by atoms with van der Waals surface area (Å²) in [5, 5.41) is 14.5. The number of nitrogens with one attached hydrogen (secondary N) is 1. The molecule has 110 valence electrons. The van der Waals surface area contributed by atoms with Gasteiger partial charge in [-0.3, -0.25) is 10.1 Å². The number of anilines is 1. The van der Waals surface area contributed by atoms with Gasteiger partial charge in [0, 0.05) is 30.5 Å². The Labute approximate surface area is 119 Å². The van der Waals surface area contributed by atoms with Gasteiger partial charge < -0.3 is 10.1 Å². The van der Waals surface area contributed by atoms with Crippen molar-refractivity contribution >= 4 is 11.4 Å². The second-order valence-electron chi connectivity index (χ2n) is 5.58. The Balaban J connectivity index is 2.16. The van der Waals surface area contributed by atoms with E-state index in [2.05, 4.69) is 5.32 Å². The van der Waals surface area contributed by atoms with Crippen LogP contribution in [0.2, 0.25) is 0 Å². The van der Waals surface area contributed by atoms with Crippen LogP contribution < -0.4 is 5.32 Å². The zero-order chi connectivity index (χ0) is 14.7. The number of aryl methyl sites for hydroxylation is 2. The van der Waals surface area contributed by atoms with Crippen molar-refractivity contribution in [1.82, 2.24) is 0 Å². The third-order valence-corrected chi connectivity index (χ3v) is 4.06. The van der Waals surface area contributed by atoms with E-state index in [-0.39, 0.29) is 10.6 Å². The van der Waals surface area contributed by atoms with Crippen molar-refractivity contribution < 1.29 is 9.66 Å². The number of benzene rings is 1. The molecule has 2 rings (SSSR count). The molecule has 1 aliphatic carbocycles. The summed E-state index contributed by atoms with van der Waals surface area (Å²) in [5.41, 5.74) is 2.80. The molecule has 0 spiro atoms. The minimum absolute atomic E-state index is 0.178. The van der Waals surface area contributed by atoms with Gasteiger partial charge in [-0.2, -0.15) is 0 Å². The lowest BCUT2D eigenvalue weighted by atomic mass is 9.92. The van der Waals surface area contributed by atoms with Crippen LogP contribution in [0.15, 0.2) is 12.1 Å². The molecule has 1 N–H and O–H groups in total. The largest absolute Gasteiger partial charge is 0.382 e. The third-order valence-electron chi connectivity index (χ3n) is 4.06. The summed E-state index contributed by atoms with van der Waals surface area (Å²) in [6.07, 6.45) is 4.56. The molecule has 0 radical (unpaired) electrons. The third kappa shape index (κ3) is 3.28. The van der Waals surface area contributed by atoms with Crippen molar-refractivity contribution in [3.8, 4) is 0 Å². The van der Waals surface area contributed by atoms with Crippen molar-refractivity contribution in [1.29, 1.82) is 0 Å². The number of nitro groups is 1. The monoisotopic (exact) mass is 278 g/mol. The lowest BCUT2D eigenvalue weighted by molar-refractivity contribution is -0.385. The molecule has 0 amide bonds. The highest BCUT2D eigenvalue weighted by Gasteiger charge is 2.23. The highest BCUT2D eigenvalue weighted by molar-refractivity contribution is 5.60. The summed E-state index contributed by atoms with van der Waals surface area (Å²) in [6, 6.07) is 3.85. The summed E-state index contributed by atoms with van der Waals surface area (Å²) in [7, 11) is 1.75. The van der Waals surface area contributed by atoms with E-state index in [9.17, 15) is 10.1 Å². The number of nitro benzene ring substituents is 1. The Morgan fingerprint density at radius 2 is 2.05 bits per heavy atom. The average Bonchev–Trinajstić information content (AvgIpc) is 2.41. The van der Waals surface area contributed by atoms with Crippen molar-refractivity contribution in [2.24, 2.45) is 0 Å². The Bertz CT molecular complexity index is 502. The summed E-state index contributed by atoms with van der Waals surface area (Å²) in [4.78, 5) is 10.7. The van der Waals surface area contributed by atoms with E-state index in [1.165, 1.54) is 0 Å². The van der Waals surface area contributed by atoms with E-state index in [1.54, 1.807) is 20.1 Å². The fourth-order valence-electron chi connectivity index (χ4n) is 2.90. The molecule has 2 atom stereocenters. The molecular weight excluding hydrogens is 256 g/mol. The molecule has 1 saturated carbocycles. The number of ether oxygens (including phenoxy) is 1. The van der Waals surface area contributed by atoms with Gasteiger partial charge in [0.05, 0.1) is 11.0 Å². The van der Waals surface area contributed by atoms with E-state index < -0.39 is 0 Å². The zero-order valence-electron chi connectivity index (χ0n) is 12.3. The molecule has 1 aliphatic rings. The molecule has 5 heteroatoms. The molecule has 1 aromatic rings. The van der Waals surface area contributed by atoms with Crippen molar-refractivity contribution in [2.45, 2.75) is 51.7 Å². The maximum Gasteiger partial charge on any atom is 0.274 e. The zero-order valence-corrected chi connectivity index (χ0v) is 12.3. The van der Waals surface area contributed by atoms with Crippen LogP contribution in [0.1, 0.15) is 36.8 Å². The van der Waals surface area contributed by atoms with Crippen LogP contribution in [-0.4, -0.2) is 24.2 Å². The van der Waals surface area contributed by atoms with Crippen molar-refractivity contribution in [3.05, 3.63) is 33.4 Å². The van der Waals surface area contributed by atoms with Gasteiger partial charge in [-0.25, -0.2) is 0 Å². The number of hydrogen-bond donors (Lipinski definition) is 1. The first-order chi connectivity index (χ1) is 9.51. The Kier molecular flexibility index (Phi) is 4.60. The fourth-order valence-corrected chi connectivity index (χ4v) is 2.90. The number of methoxy groups -OCH3 is 1. The fraction of sp³-hybridized carbons (Fsp3) is 0.600. The second kappa shape index (κ2) is 6.22. The van der Waals surface area contributed by atoms with Crippen LogP contribution in [0.4, 0.5) is 11.4 Å². The quantitative estimate of drug-likeness (QED) is 0.675. The van der Waals surface area contributed by atoms with Crippen molar-refractivity contribution in [3.63, 3.8) is 0 Å². The summed E-state index contributed by atoms with van der Waals surface area (Å²) >= 11 is 0. The first-order valence-electron chi connectivity index (χ1n) is 7.06. The van der Waals surface area contributed by atoms with Gasteiger partial charge in [-0.1, -0.05) is 0 Å². The van der Waals surface area contributed by atoms with Gasteiger partial charge in [0.25, 0.3) is 5.69 Å². The van der Waals surface area contributed by atoms with Crippen LogP contribution in [0.5, 0.6) is 0 Å². The van der Waals surface area contributed by atoms with E-state index in [0.717, 1.165) is 36.9 Å². The van der Waals surface area contributed by atoms with E-state index in [1.807, 2.05) is 13.0 Å². The van der Waals surface area contributed by atoms with Gasteiger partial charge >= 0.3 is 0 Å². The van der Waals surface area contributed by atoms with Crippen LogP contribution in [-0.2, 0) is 4.74 Å². The molecule has 20 heavy (non-hydrogen) atoms. The van der Waals surface area contributed by atoms with Crippen molar-refractivity contribution in [2.75, 3.05) is 12.4 Å². The van der Waals surface area contributed by atoms with Gasteiger partial charge in [0.15, 0.2) is 0 Å². The molecule has 0 heterocycles. The van der Waals surface area contributed by atoms with E-state index in [0.29, 0.717) is 17.7 Å². The SMILES string of the molecule is COC1CCCC(Nc2cc([N+](=O)[O-])c(C)cc2C)C1. The average molecular weight is 278 g/mol. The van der Waals surface area contributed by atoms with Gasteiger partial charge in [-0.15, -0.1) is 0 Å². The highest BCUT2D eigenvalue weighted by Crippen LogP contribution is 2.29. The van der Waals surface area contributed by atoms with Gasteiger partial charge in [0.2, 0.25) is 0 Å². The standard InChI is InChI=1S/C15H22N2O3/c1-10-7-11(2)15(17(18)19)9-14(10)16-12-5-4-6-13(8-12)20-3/h7,9,12-13,16H,4-6,8H2,1-3H3. The van der Waals surface area contributed by atoms with Crippen LogP contribution in [0.3, 0.4) is 0 Å². The summed E-state index contributed by atoms with van der Waals surface area (Å²) < 4.78 is 5.42. The molecular formula is C15H22N2O3. The summed E-state index contributed by atoms with van der Waals surface area (Å²) in [6.45, 7) is 3.76. The molecule has 0 bridgehead atoms. The molecule has 0 aliphatic heterocycles. The lowest BCUT2D eigenvalue weighted by Gasteiger charge is -2.30. The van der Waals surface area contributed by atoms with E-state index >= 15 is 0 Å². The normalized spacial score (nSPS) is 22.6. The first-order valence-corrected chi connectivity index (χ1v) is 7.06. The predicted octanol–water partition coefficient (Wildman–Crippen LogP) is 3.58. The van der Waals surface area contributed by atoms with Gasteiger partial charge in [-0.05, 0) is 51.2 Å². The molecule has 1 fully saturated rings. The molecule has 2 unspecified atom stereocenters. The number of rotatable bonds is 4. The van der Waals surface area contributed by atoms with E-state index in [4.69, 9.17) is 4.74 Å². The topological polar surface area (TPSA) is 64.4 Å². The smallest absolute Gasteiger partial charge is 0.274 e. The Morgan fingerprint density at radius 1 is 1.30 bits per heavy atom. The molecule has 0 saturated heterocycles. The molecule has 1 aromatic carbocycles. The predicted molar refractivity (Wildman–Crippen MR) is 79.2 cm³/mol. The minimum Gasteiger partial charge on any atom is -0.382 e. The maximum atomic E-state index is 11.0. The number of hydrogen-bond acceptors (Lipinski definition) is 4. The molecule has 5 nitrogen and oxygen atoms in total. The van der Waals surface area contributed by atoms with Gasteiger partial charge in [0.1, 0.15) is 0 Å². The summed E-state index contributed by atoms with van der Waals surface area (Å²) in [5.74, 6) is 0. The van der Waals surface area contributed by atoms with Crippen LogP contribution in [0, 0.1) is 24.0 Å². The Hall–Kier alpha value is -1.62. The number of nitrogens with zero attached hydrogens (tertiary/aromatic N) is 1.